The van der Waals surface area contributed by atoms with Gasteiger partial charge in [0, 0.05) is 0 Å². The maximum absolute atomic E-state index is 2.56. The van der Waals surface area contributed by atoms with E-state index >= 15 is 0 Å². The van der Waals surface area contributed by atoms with Crippen molar-refractivity contribution in [2.24, 2.45) is 0 Å². The number of fused-ring (bicyclic) bond motifs is 34. The Morgan fingerprint density at radius 3 is 0.957 bits per heavy atom. The van der Waals surface area contributed by atoms with Gasteiger partial charge in [0.1, 0.15) is 0 Å². The molecule has 2 heterocycles. The summed E-state index contributed by atoms with van der Waals surface area (Å²) >= 11 is -1.33. The van der Waals surface area contributed by atoms with E-state index in [1.807, 2.05) is 0 Å². The van der Waals surface area contributed by atoms with Crippen LogP contribution in [-0.2, 0) is 10.8 Å². The molecule has 2 spiro atoms. The second-order valence-electron chi connectivity index (χ2n) is 38.8. The minimum absolute atomic E-state index is 0.524. The van der Waals surface area contributed by atoms with E-state index in [9.17, 15) is 0 Å². The third-order valence-corrected chi connectivity index (χ3v) is 44.4. The number of rotatable bonds is 8. The summed E-state index contributed by atoms with van der Waals surface area (Å²) in [4.78, 5) is 0. The van der Waals surface area contributed by atoms with Gasteiger partial charge in [-0.25, -0.2) is 0 Å². The van der Waals surface area contributed by atoms with Gasteiger partial charge in [-0.1, -0.05) is 97.1 Å². The van der Waals surface area contributed by atoms with Gasteiger partial charge in [-0.15, -0.1) is 0 Å². The zero-order valence-electron chi connectivity index (χ0n) is 76.4. The van der Waals surface area contributed by atoms with Crippen LogP contribution in [-0.4, -0.2) is 63.9 Å². The molecule has 24 aromatic carbocycles. The van der Waals surface area contributed by atoms with Gasteiger partial charge in [-0.05, 0) is 5.39 Å². The van der Waals surface area contributed by atoms with Crippen molar-refractivity contribution in [2.45, 2.75) is 10.8 Å². The predicted octanol–water partition coefficient (Wildman–Crippen LogP) is 26.5. The van der Waals surface area contributed by atoms with Crippen LogP contribution in [0.15, 0.2) is 473 Å². The molecule has 0 nitrogen and oxygen atoms in total. The molecule has 0 bridgehead atoms. The van der Waals surface area contributed by atoms with Crippen molar-refractivity contribution in [1.29, 1.82) is 0 Å². The Morgan fingerprint density at radius 1 is 0.152 bits per heavy atom. The zero-order valence-corrected chi connectivity index (χ0v) is 90.8. The average molecular weight is 1990 g/mol. The topological polar surface area (TPSA) is 0 Å². The van der Waals surface area contributed by atoms with Crippen LogP contribution in [0.3, 0.4) is 0 Å². The van der Waals surface area contributed by atoms with Crippen LogP contribution >= 0.6 is 0 Å². The Hall–Kier alpha value is -15.0. The Labute approximate surface area is 831 Å². The SMILES string of the molecule is [GeH3][c]1ccccc1-c1cccc(-c2cccc3c(-c4cccc5c4C4(c6ccccc6-c6ccccc64)c4ccc6ccccc6c4-5)c4cccc(-c5cccc6[c]5[GeH2][c]5ccccc5-6)c4cc23)c1.[GeH3][c]1ccccc1-c1ccccc1-c1cccc2c(-c3cccc4c3C3(c5ccccc5-c5ccccc53)c3ccc5ccccc5c3-4)c3cccc(-c4ccc[c]5c4-c4cccc[c]4[GeH2]5)c3cc12. The molecule has 0 amide bonds. The third kappa shape index (κ3) is 11.5. The van der Waals surface area contributed by atoms with Crippen LogP contribution in [0.25, 0.3) is 220 Å². The summed E-state index contributed by atoms with van der Waals surface area (Å²) in [6, 6.07) is 182. The monoisotopic (exact) mass is 1990 g/mol. The molecule has 0 saturated carbocycles. The number of benzene rings is 24. The van der Waals surface area contributed by atoms with Gasteiger partial charge >= 0.3 is 737 Å². The van der Waals surface area contributed by atoms with Crippen molar-refractivity contribution in [1.82, 2.24) is 0 Å². The molecular weight excluding hydrogens is 1900 g/mol. The van der Waals surface area contributed by atoms with Gasteiger partial charge < -0.3 is 0 Å². The Bertz CT molecular complexity index is 9380. The molecule has 0 aromatic heterocycles. The molecule has 0 fully saturated rings. The van der Waals surface area contributed by atoms with Crippen LogP contribution in [0.2, 0.25) is 0 Å². The number of hydrogen-bond donors (Lipinski definition) is 0. The average Bonchev–Trinajstić information content (AvgIpc) is 1.48. The van der Waals surface area contributed by atoms with Crippen molar-refractivity contribution in [3.05, 3.63) is 518 Å². The summed E-state index contributed by atoms with van der Waals surface area (Å²) in [5, 5.41) is 15.4. The fourth-order valence-corrected chi connectivity index (χ4v) is 37.9. The molecule has 0 unspecified atom stereocenters. The molecule has 6 aliphatic rings. The van der Waals surface area contributed by atoms with Crippen LogP contribution in [0, 0.1) is 0 Å². The fourth-order valence-electron chi connectivity index (χ4n) is 26.6. The van der Waals surface area contributed by atoms with Gasteiger partial charge in [0.2, 0.25) is 0 Å². The molecule has 0 N–H and O–H groups in total. The van der Waals surface area contributed by atoms with Crippen molar-refractivity contribution in [3.63, 3.8) is 0 Å². The molecule has 4 aliphatic carbocycles. The third-order valence-electron chi connectivity index (χ3n) is 32.1. The molecule has 4 heteroatoms. The van der Waals surface area contributed by atoms with Crippen LogP contribution in [0.4, 0.5) is 0 Å². The van der Waals surface area contributed by atoms with Crippen LogP contribution in [0.1, 0.15) is 44.5 Å². The second-order valence-corrected chi connectivity index (χ2v) is 51.0. The molecule has 30 rings (SSSR count). The van der Waals surface area contributed by atoms with E-state index in [0.29, 0.717) is 33.0 Å². The van der Waals surface area contributed by atoms with E-state index < -0.39 is 41.7 Å². The summed E-state index contributed by atoms with van der Waals surface area (Å²) in [5.41, 5.74) is 47.2. The second kappa shape index (κ2) is 31.3. The molecule has 0 atom stereocenters. The first-order valence-corrected chi connectivity index (χ1v) is 58.9. The minimum atomic E-state index is -1.28. The van der Waals surface area contributed by atoms with Gasteiger partial charge in [-0.2, -0.15) is 0 Å². The van der Waals surface area contributed by atoms with E-state index in [2.05, 4.69) is 473 Å². The van der Waals surface area contributed by atoms with Gasteiger partial charge in [0.15, 0.2) is 0 Å². The van der Waals surface area contributed by atoms with Crippen LogP contribution in [0.5, 0.6) is 0 Å². The van der Waals surface area contributed by atoms with Crippen molar-refractivity contribution < 1.29 is 0 Å². The fraction of sp³-hybridized carbons (Fsp3) is 0.0149. The maximum atomic E-state index is 2.56. The van der Waals surface area contributed by atoms with Crippen molar-refractivity contribution in [3.8, 4) is 156 Å². The van der Waals surface area contributed by atoms with Crippen molar-refractivity contribution >= 4 is 155 Å². The van der Waals surface area contributed by atoms with E-state index in [1.165, 1.54) is 274 Å². The molecule has 640 valence electrons. The van der Waals surface area contributed by atoms with Crippen molar-refractivity contribution in [2.75, 3.05) is 0 Å². The van der Waals surface area contributed by atoms with E-state index in [0.717, 1.165) is 0 Å². The Kier molecular flexibility index (Phi) is 18.2. The Balaban J connectivity index is 0.000000133. The summed E-state index contributed by atoms with van der Waals surface area (Å²) in [7, 11) is 0. The molecular formula is C134H88Ge4. The zero-order chi connectivity index (χ0) is 90.7. The first-order chi connectivity index (χ1) is 68.3. The number of hydrogen-bond acceptors (Lipinski definition) is 0. The molecule has 0 saturated heterocycles. The molecule has 2 aliphatic heterocycles. The van der Waals surface area contributed by atoms with Crippen LogP contribution < -0.4 is 26.4 Å². The first-order valence-electron chi connectivity index (χ1n) is 48.8. The van der Waals surface area contributed by atoms with E-state index in [-0.39, 0.29) is 0 Å². The van der Waals surface area contributed by atoms with E-state index in [4.69, 9.17) is 0 Å². The quantitative estimate of drug-likeness (QED) is 0.105. The Morgan fingerprint density at radius 2 is 0.457 bits per heavy atom. The molecule has 24 aromatic rings. The normalized spacial score (nSPS) is 13.7. The van der Waals surface area contributed by atoms with Gasteiger partial charge in [-0.3, -0.25) is 0 Å². The van der Waals surface area contributed by atoms with Gasteiger partial charge in [0.05, 0.1) is 0 Å². The standard InChI is InChI=1S/2C67H44Ge2/c68-61-34-9-5-19-44(61)42-18-11-17-41(38-42)43-24-12-26-50-56(43)39-57-46(52-28-14-29-53-49-23-6-10-35-62(49)69-66(52)53)25-13-27-51(57)63(50)54-30-15-31-55-64-45-20-2-1-16-40(45)36-37-60(64)67(65(54)55)58-32-7-3-21-47(58)48-22-4-8-33-59(48)67;68-60-34-11-7-23-48(60)43-20-4-3-19-42(43)44-25-13-27-50-55(44)39-56-45(49-29-16-36-62-65(49)52-24-8-12-35-61(52)69-62)26-14-28-51(56)63(50)53-30-15-31-54-64-41-18-2-1-17-40(41)37-38-59(64)67(66(53)54)57-32-9-5-21-46(57)47-22-6-10-33-58(47)67/h2*1-39H,69H2,68H3. The van der Waals surface area contributed by atoms with E-state index in [1.54, 1.807) is 17.6 Å². The van der Waals surface area contributed by atoms with Gasteiger partial charge in [0.25, 0.3) is 0 Å². The predicted molar refractivity (Wildman–Crippen MR) is 600 cm³/mol. The first kappa shape index (κ1) is 80.3. The molecule has 0 radical (unpaired) electrons. The summed E-state index contributed by atoms with van der Waals surface area (Å²) < 4.78 is 9.30. The summed E-state index contributed by atoms with van der Waals surface area (Å²) in [5.74, 6) is 0. The molecule has 138 heavy (non-hydrogen) atoms. The summed E-state index contributed by atoms with van der Waals surface area (Å²) in [6.45, 7) is 0. The summed E-state index contributed by atoms with van der Waals surface area (Å²) in [6.07, 6.45) is 0.